The largest absolute Gasteiger partial charge is 0.367 e. The Morgan fingerprint density at radius 2 is 1.58 bits per heavy atom. The van der Waals surface area contributed by atoms with Crippen molar-refractivity contribution in [2.45, 2.75) is 49.8 Å². The van der Waals surface area contributed by atoms with Crippen LogP contribution in [-0.2, 0) is 10.3 Å². The molecule has 4 heterocycles. The fraction of sp³-hybridized carbons (Fsp3) is 0.600. The first-order valence-electron chi connectivity index (χ1n) is 9.02. The van der Waals surface area contributed by atoms with Crippen molar-refractivity contribution in [3.8, 4) is 0 Å². The second-order valence-electron chi connectivity index (χ2n) is 8.04. The Labute approximate surface area is 153 Å². The van der Waals surface area contributed by atoms with E-state index in [-0.39, 0.29) is 5.60 Å². The van der Waals surface area contributed by atoms with Crippen LogP contribution in [0.25, 0.3) is 0 Å². The normalized spacial score (nSPS) is 29.0. The van der Waals surface area contributed by atoms with Crippen LogP contribution < -0.4 is 0 Å². The van der Waals surface area contributed by atoms with Gasteiger partial charge in [-0.15, -0.1) is 22.7 Å². The predicted octanol–water partition coefficient (Wildman–Crippen LogP) is 5.11. The fourth-order valence-electron chi connectivity index (χ4n) is 5.19. The summed E-state index contributed by atoms with van der Waals surface area (Å²) in [6, 6.07) is 10.5. The van der Waals surface area contributed by atoms with Gasteiger partial charge in [0.1, 0.15) is 5.60 Å². The summed E-state index contributed by atoms with van der Waals surface area (Å²) in [4.78, 5) is 2.72. The number of piperidine rings is 1. The minimum atomic E-state index is -0.249. The Morgan fingerprint density at radius 3 is 2.00 bits per heavy atom. The van der Waals surface area contributed by atoms with E-state index in [1.165, 1.54) is 39.9 Å². The highest BCUT2D eigenvalue weighted by atomic mass is 32.1. The quantitative estimate of drug-likeness (QED) is 0.672. The molecule has 2 aromatic heterocycles. The molecule has 0 amide bonds. The number of hydrogen-bond acceptors (Lipinski definition) is 3. The van der Waals surface area contributed by atoms with Gasteiger partial charge in [0.15, 0.2) is 0 Å². The Morgan fingerprint density at radius 1 is 1.04 bits per heavy atom. The number of methoxy groups -OCH3 is 1. The van der Waals surface area contributed by atoms with Crippen molar-refractivity contribution in [3.63, 3.8) is 0 Å². The molecular weight excluding hydrogens is 334 g/mol. The maximum Gasteiger partial charge on any atom is 0.136 e. The molecule has 2 unspecified atom stereocenters. The van der Waals surface area contributed by atoms with Crippen molar-refractivity contribution in [3.05, 3.63) is 44.8 Å². The first-order chi connectivity index (χ1) is 11.6. The van der Waals surface area contributed by atoms with Gasteiger partial charge in [0.2, 0.25) is 0 Å². The SMILES string of the molecule is COC(CC1CC2CCC(C1)[N+]2(C)C)(c1cccs1)c1cccs1. The number of ether oxygens (including phenoxy) is 1. The summed E-state index contributed by atoms with van der Waals surface area (Å²) in [5.41, 5.74) is -0.249. The molecule has 2 aliphatic rings. The molecule has 2 nitrogen and oxygen atoms in total. The highest BCUT2D eigenvalue weighted by Gasteiger charge is 2.51. The summed E-state index contributed by atoms with van der Waals surface area (Å²) < 4.78 is 7.53. The number of fused-ring (bicyclic) bond motifs is 2. The zero-order valence-corrected chi connectivity index (χ0v) is 16.5. The van der Waals surface area contributed by atoms with E-state index in [2.05, 4.69) is 49.1 Å². The Balaban J connectivity index is 1.64. The van der Waals surface area contributed by atoms with E-state index in [0.29, 0.717) is 0 Å². The molecule has 2 atom stereocenters. The maximum atomic E-state index is 6.29. The van der Waals surface area contributed by atoms with Crippen LogP contribution in [0.4, 0.5) is 0 Å². The van der Waals surface area contributed by atoms with E-state index in [9.17, 15) is 0 Å². The summed E-state index contributed by atoms with van der Waals surface area (Å²) in [5.74, 6) is 0.762. The number of rotatable bonds is 5. The van der Waals surface area contributed by atoms with E-state index in [1.807, 2.05) is 29.8 Å². The third kappa shape index (κ3) is 2.59. The van der Waals surface area contributed by atoms with Crippen LogP contribution in [0.2, 0.25) is 0 Å². The Bertz CT molecular complexity index is 612. The molecule has 4 rings (SSSR count). The molecule has 2 saturated heterocycles. The van der Waals surface area contributed by atoms with Crippen molar-refractivity contribution >= 4 is 22.7 Å². The van der Waals surface area contributed by atoms with Gasteiger partial charge in [-0.05, 0) is 35.2 Å². The van der Waals surface area contributed by atoms with E-state index in [4.69, 9.17) is 4.74 Å². The van der Waals surface area contributed by atoms with Gasteiger partial charge in [-0.3, -0.25) is 0 Å². The molecule has 130 valence electrons. The molecule has 0 aromatic carbocycles. The first-order valence-corrected chi connectivity index (χ1v) is 10.8. The molecule has 0 N–H and O–H groups in total. The van der Waals surface area contributed by atoms with Crippen molar-refractivity contribution < 1.29 is 9.22 Å². The van der Waals surface area contributed by atoms with Crippen molar-refractivity contribution in [2.24, 2.45) is 5.92 Å². The first kappa shape index (κ1) is 16.8. The summed E-state index contributed by atoms with van der Waals surface area (Å²) in [7, 11) is 6.79. The molecule has 2 bridgehead atoms. The number of quaternary nitrogens is 1. The fourth-order valence-corrected chi connectivity index (χ4v) is 7.11. The van der Waals surface area contributed by atoms with Crippen LogP contribution in [0, 0.1) is 5.92 Å². The van der Waals surface area contributed by atoms with Gasteiger partial charge >= 0.3 is 0 Å². The summed E-state index contributed by atoms with van der Waals surface area (Å²) in [6.07, 6.45) is 6.65. The topological polar surface area (TPSA) is 9.23 Å². The second kappa shape index (κ2) is 6.24. The average Bonchev–Trinajstić information content (AvgIpc) is 3.28. The number of nitrogens with zero attached hydrogens (tertiary/aromatic N) is 1. The highest BCUT2D eigenvalue weighted by molar-refractivity contribution is 7.11. The van der Waals surface area contributed by atoms with Crippen molar-refractivity contribution in [2.75, 3.05) is 21.2 Å². The molecule has 2 aliphatic heterocycles. The van der Waals surface area contributed by atoms with E-state index in [1.54, 1.807) is 0 Å². The lowest BCUT2D eigenvalue weighted by Gasteiger charge is -2.46. The minimum absolute atomic E-state index is 0.249. The van der Waals surface area contributed by atoms with Crippen LogP contribution in [0.3, 0.4) is 0 Å². The molecule has 0 radical (unpaired) electrons. The van der Waals surface area contributed by atoms with Crippen LogP contribution in [0.5, 0.6) is 0 Å². The van der Waals surface area contributed by atoms with Gasteiger partial charge in [0.25, 0.3) is 0 Å². The van der Waals surface area contributed by atoms with Crippen LogP contribution >= 0.6 is 22.7 Å². The molecule has 0 aliphatic carbocycles. The summed E-state index contributed by atoms with van der Waals surface area (Å²) >= 11 is 3.67. The van der Waals surface area contributed by atoms with Gasteiger partial charge < -0.3 is 9.22 Å². The van der Waals surface area contributed by atoms with Gasteiger partial charge in [-0.1, -0.05) is 12.1 Å². The Hall–Kier alpha value is -0.680. The van der Waals surface area contributed by atoms with Crippen LogP contribution in [0.1, 0.15) is 41.9 Å². The number of hydrogen-bond donors (Lipinski definition) is 0. The molecule has 4 heteroatoms. The number of thiophene rings is 2. The van der Waals surface area contributed by atoms with E-state index >= 15 is 0 Å². The smallest absolute Gasteiger partial charge is 0.136 e. The lowest BCUT2D eigenvalue weighted by Crippen LogP contribution is -2.55. The van der Waals surface area contributed by atoms with Gasteiger partial charge in [-0.2, -0.15) is 0 Å². The molecule has 0 saturated carbocycles. The van der Waals surface area contributed by atoms with Gasteiger partial charge in [0.05, 0.1) is 26.2 Å². The monoisotopic (exact) mass is 362 g/mol. The van der Waals surface area contributed by atoms with E-state index < -0.39 is 0 Å². The third-order valence-electron chi connectivity index (χ3n) is 6.69. The lowest BCUT2D eigenvalue weighted by atomic mass is 9.79. The average molecular weight is 363 g/mol. The maximum absolute atomic E-state index is 6.29. The molecule has 0 spiro atoms. The standard InChI is InChI=1S/C20H28NOS2/c1-21(2)16-8-9-17(21)13-15(12-16)14-20(22-3,18-6-4-10-23-18)19-7-5-11-24-19/h4-7,10-11,15-17H,8-9,12-14H2,1-3H3/q+1. The molecule has 2 fully saturated rings. The van der Waals surface area contributed by atoms with Crippen molar-refractivity contribution in [1.82, 2.24) is 0 Å². The lowest BCUT2D eigenvalue weighted by molar-refractivity contribution is -0.931. The molecule has 2 aromatic rings. The third-order valence-corrected chi connectivity index (χ3v) is 8.72. The van der Waals surface area contributed by atoms with Gasteiger partial charge in [-0.25, -0.2) is 0 Å². The molecule has 24 heavy (non-hydrogen) atoms. The second-order valence-corrected chi connectivity index (χ2v) is 9.94. The summed E-state index contributed by atoms with van der Waals surface area (Å²) in [5, 5.41) is 4.36. The van der Waals surface area contributed by atoms with Crippen LogP contribution in [-0.4, -0.2) is 37.8 Å². The predicted molar refractivity (Wildman–Crippen MR) is 103 cm³/mol. The van der Waals surface area contributed by atoms with E-state index in [0.717, 1.165) is 24.4 Å². The Kier molecular flexibility index (Phi) is 4.36. The zero-order valence-electron chi connectivity index (χ0n) is 14.9. The zero-order chi connectivity index (χ0) is 16.8. The van der Waals surface area contributed by atoms with Crippen LogP contribution in [0.15, 0.2) is 35.0 Å². The highest BCUT2D eigenvalue weighted by Crippen LogP contribution is 2.49. The minimum Gasteiger partial charge on any atom is -0.367 e. The van der Waals surface area contributed by atoms with Gasteiger partial charge in [0, 0.05) is 42.5 Å². The summed E-state index contributed by atoms with van der Waals surface area (Å²) in [6.45, 7) is 0. The molecular formula is C20H28NOS2+. The van der Waals surface area contributed by atoms with Crippen molar-refractivity contribution in [1.29, 1.82) is 0 Å².